The van der Waals surface area contributed by atoms with E-state index in [-0.39, 0.29) is 6.10 Å². The van der Waals surface area contributed by atoms with Gasteiger partial charge >= 0.3 is 5.97 Å². The smallest absolute Gasteiger partial charge is 0.314 e. The van der Waals surface area contributed by atoms with Crippen LogP contribution in [-0.2, 0) is 14.9 Å². The largest absolute Gasteiger partial charge is 0.493 e. The minimum absolute atomic E-state index is 0.0973. The van der Waals surface area contributed by atoms with Crippen LogP contribution in [0, 0.1) is 0 Å². The summed E-state index contributed by atoms with van der Waals surface area (Å²) in [6.07, 6.45) is 4.02. The number of aliphatic carboxylic acids is 1. The van der Waals surface area contributed by atoms with Crippen LogP contribution in [0.4, 0.5) is 0 Å². The number of carbonyl (C=O) groups is 1. The summed E-state index contributed by atoms with van der Waals surface area (Å²) in [6.45, 7) is 1.40. The van der Waals surface area contributed by atoms with Gasteiger partial charge in [-0.2, -0.15) is 0 Å². The number of ether oxygens (including phenoxy) is 3. The molecule has 1 heterocycles. The van der Waals surface area contributed by atoms with Gasteiger partial charge in [-0.3, -0.25) is 4.79 Å². The lowest BCUT2D eigenvalue weighted by Gasteiger charge is -2.39. The predicted octanol–water partition coefficient (Wildman–Crippen LogP) is 2.76. The third-order valence-electron chi connectivity index (χ3n) is 4.78. The number of carboxylic acids is 1. The summed E-state index contributed by atoms with van der Waals surface area (Å²) in [6, 6.07) is 5.56. The highest BCUT2D eigenvalue weighted by atomic mass is 16.5. The number of para-hydroxylation sites is 1. The van der Waals surface area contributed by atoms with E-state index in [2.05, 4.69) is 0 Å². The Kier molecular flexibility index (Phi) is 4.25. The van der Waals surface area contributed by atoms with E-state index in [1.807, 2.05) is 18.2 Å². The van der Waals surface area contributed by atoms with Gasteiger partial charge in [-0.1, -0.05) is 18.6 Å². The zero-order valence-corrected chi connectivity index (χ0v) is 12.8. The predicted molar refractivity (Wildman–Crippen MR) is 80.6 cm³/mol. The van der Waals surface area contributed by atoms with Crippen molar-refractivity contribution in [3.05, 3.63) is 23.8 Å². The molecule has 1 N–H and O–H groups in total. The van der Waals surface area contributed by atoms with Crippen molar-refractivity contribution >= 4 is 5.97 Å². The molecular weight excluding hydrogens is 284 g/mol. The molecule has 22 heavy (non-hydrogen) atoms. The number of methoxy groups -OCH3 is 1. The number of rotatable bonds is 5. The molecule has 2 fully saturated rings. The Morgan fingerprint density at radius 2 is 2.05 bits per heavy atom. The van der Waals surface area contributed by atoms with Crippen molar-refractivity contribution in [1.82, 2.24) is 0 Å². The summed E-state index contributed by atoms with van der Waals surface area (Å²) < 4.78 is 16.9. The van der Waals surface area contributed by atoms with Crippen LogP contribution >= 0.6 is 0 Å². The molecule has 1 aromatic rings. The molecular formula is C17H22O5. The Morgan fingerprint density at radius 3 is 2.59 bits per heavy atom. The van der Waals surface area contributed by atoms with Crippen LogP contribution in [0.5, 0.6) is 11.5 Å². The molecule has 5 heteroatoms. The van der Waals surface area contributed by atoms with E-state index < -0.39 is 11.4 Å². The van der Waals surface area contributed by atoms with Gasteiger partial charge in [-0.25, -0.2) is 0 Å². The average Bonchev–Trinajstić information content (AvgIpc) is 2.47. The van der Waals surface area contributed by atoms with E-state index in [0.717, 1.165) is 24.8 Å². The quantitative estimate of drug-likeness (QED) is 0.906. The monoisotopic (exact) mass is 306 g/mol. The first kappa shape index (κ1) is 15.2. The summed E-state index contributed by atoms with van der Waals surface area (Å²) in [5.41, 5.74) is -0.0845. The first-order valence-electron chi connectivity index (χ1n) is 7.82. The second-order valence-corrected chi connectivity index (χ2v) is 6.01. The molecule has 0 amide bonds. The third kappa shape index (κ3) is 2.54. The highest BCUT2D eigenvalue weighted by Gasteiger charge is 2.48. The standard InChI is InChI=1S/C17H22O5/c1-20-15-13(17(16(18)19)8-3-9-17)4-2-5-14(15)22-12-6-10-21-11-7-12/h2,4-5,12H,3,6-11H2,1H3,(H,18,19). The lowest BCUT2D eigenvalue weighted by molar-refractivity contribution is -0.147. The summed E-state index contributed by atoms with van der Waals surface area (Å²) in [5.74, 6) is 0.427. The van der Waals surface area contributed by atoms with E-state index in [0.29, 0.717) is 37.6 Å². The molecule has 0 radical (unpaired) electrons. The number of hydrogen-bond acceptors (Lipinski definition) is 4. The Labute approximate surface area is 130 Å². The first-order valence-corrected chi connectivity index (χ1v) is 7.82. The minimum atomic E-state index is -0.819. The number of benzene rings is 1. The Balaban J connectivity index is 1.91. The molecule has 1 aliphatic heterocycles. The summed E-state index contributed by atoms with van der Waals surface area (Å²) in [4.78, 5) is 11.8. The van der Waals surface area contributed by atoms with E-state index in [9.17, 15) is 9.90 Å². The van der Waals surface area contributed by atoms with Crippen molar-refractivity contribution in [2.24, 2.45) is 0 Å². The maximum absolute atomic E-state index is 11.8. The summed E-state index contributed by atoms with van der Waals surface area (Å²) in [5, 5.41) is 9.66. The van der Waals surface area contributed by atoms with Gasteiger partial charge in [0.1, 0.15) is 6.10 Å². The van der Waals surface area contributed by atoms with Crippen LogP contribution in [0.15, 0.2) is 18.2 Å². The molecule has 1 aliphatic carbocycles. The maximum Gasteiger partial charge on any atom is 0.314 e. The maximum atomic E-state index is 11.8. The molecule has 0 aromatic heterocycles. The molecule has 0 atom stereocenters. The Bertz CT molecular complexity index is 544. The van der Waals surface area contributed by atoms with E-state index in [1.165, 1.54) is 0 Å². The van der Waals surface area contributed by atoms with Gasteiger partial charge in [0.05, 0.1) is 25.7 Å². The van der Waals surface area contributed by atoms with E-state index in [4.69, 9.17) is 14.2 Å². The van der Waals surface area contributed by atoms with Crippen molar-refractivity contribution in [2.45, 2.75) is 43.6 Å². The van der Waals surface area contributed by atoms with E-state index in [1.54, 1.807) is 7.11 Å². The van der Waals surface area contributed by atoms with Crippen molar-refractivity contribution in [2.75, 3.05) is 20.3 Å². The van der Waals surface area contributed by atoms with Crippen LogP contribution in [0.3, 0.4) is 0 Å². The molecule has 2 aliphatic rings. The molecule has 0 bridgehead atoms. The lowest BCUT2D eigenvalue weighted by atomic mass is 9.64. The molecule has 0 unspecified atom stereocenters. The highest BCUT2D eigenvalue weighted by molar-refractivity contribution is 5.84. The number of hydrogen-bond donors (Lipinski definition) is 1. The van der Waals surface area contributed by atoms with Crippen LogP contribution < -0.4 is 9.47 Å². The van der Waals surface area contributed by atoms with Gasteiger partial charge in [0.2, 0.25) is 0 Å². The Morgan fingerprint density at radius 1 is 1.32 bits per heavy atom. The van der Waals surface area contributed by atoms with Crippen molar-refractivity contribution < 1.29 is 24.1 Å². The SMILES string of the molecule is COc1c(OC2CCOCC2)cccc1C1(C(=O)O)CCC1. The molecule has 1 aromatic carbocycles. The van der Waals surface area contributed by atoms with Crippen molar-refractivity contribution in [1.29, 1.82) is 0 Å². The zero-order valence-electron chi connectivity index (χ0n) is 12.8. The molecule has 0 spiro atoms. The molecule has 3 rings (SSSR count). The van der Waals surface area contributed by atoms with Gasteiger partial charge in [0.25, 0.3) is 0 Å². The highest BCUT2D eigenvalue weighted by Crippen LogP contribution is 2.49. The van der Waals surface area contributed by atoms with Gasteiger partial charge in [-0.05, 0) is 18.9 Å². The van der Waals surface area contributed by atoms with Crippen molar-refractivity contribution in [3.8, 4) is 11.5 Å². The van der Waals surface area contributed by atoms with Gasteiger partial charge < -0.3 is 19.3 Å². The molecule has 1 saturated carbocycles. The van der Waals surface area contributed by atoms with Crippen LogP contribution in [0.1, 0.15) is 37.7 Å². The summed E-state index contributed by atoms with van der Waals surface area (Å²) >= 11 is 0. The van der Waals surface area contributed by atoms with Crippen molar-refractivity contribution in [3.63, 3.8) is 0 Å². The Hall–Kier alpha value is -1.75. The molecule has 5 nitrogen and oxygen atoms in total. The van der Waals surface area contributed by atoms with Crippen LogP contribution in [0.2, 0.25) is 0 Å². The number of carboxylic acid groups (broad SMARTS) is 1. The second-order valence-electron chi connectivity index (χ2n) is 6.01. The molecule has 120 valence electrons. The fourth-order valence-corrected chi connectivity index (χ4v) is 3.30. The first-order chi connectivity index (χ1) is 10.7. The van der Waals surface area contributed by atoms with Crippen LogP contribution in [-0.4, -0.2) is 37.5 Å². The fourth-order valence-electron chi connectivity index (χ4n) is 3.30. The second kappa shape index (κ2) is 6.16. The fraction of sp³-hybridized carbons (Fsp3) is 0.588. The zero-order chi connectivity index (χ0) is 15.6. The van der Waals surface area contributed by atoms with E-state index >= 15 is 0 Å². The molecule has 1 saturated heterocycles. The summed E-state index contributed by atoms with van der Waals surface area (Å²) in [7, 11) is 1.57. The minimum Gasteiger partial charge on any atom is -0.493 e. The van der Waals surface area contributed by atoms with Gasteiger partial charge in [0, 0.05) is 18.4 Å². The lowest BCUT2D eigenvalue weighted by Crippen LogP contribution is -2.42. The normalized spacial score (nSPS) is 21.0. The topological polar surface area (TPSA) is 65.0 Å². The van der Waals surface area contributed by atoms with Gasteiger partial charge in [-0.15, -0.1) is 0 Å². The third-order valence-corrected chi connectivity index (χ3v) is 4.78. The average molecular weight is 306 g/mol. The van der Waals surface area contributed by atoms with Gasteiger partial charge in [0.15, 0.2) is 11.5 Å². The van der Waals surface area contributed by atoms with Crippen LogP contribution in [0.25, 0.3) is 0 Å².